The van der Waals surface area contributed by atoms with E-state index in [1.54, 1.807) is 30.4 Å². The second-order valence-corrected chi connectivity index (χ2v) is 9.67. The first-order valence-corrected chi connectivity index (χ1v) is 11.9. The molecule has 0 bridgehead atoms. The minimum absolute atomic E-state index is 0.0330. The van der Waals surface area contributed by atoms with E-state index >= 15 is 0 Å². The van der Waals surface area contributed by atoms with Crippen LogP contribution in [0.5, 0.6) is 5.75 Å². The summed E-state index contributed by atoms with van der Waals surface area (Å²) in [5, 5.41) is 12.8. The summed E-state index contributed by atoms with van der Waals surface area (Å²) < 4.78 is 33.9. The molecule has 1 aliphatic carbocycles. The normalized spacial score (nSPS) is 19.7. The van der Waals surface area contributed by atoms with Gasteiger partial charge in [0.25, 0.3) is 10.0 Å². The largest absolute Gasteiger partial charge is 0.484 e. The number of aromatic carboxylic acids is 1. The van der Waals surface area contributed by atoms with E-state index in [0.29, 0.717) is 11.3 Å². The predicted octanol–water partition coefficient (Wildman–Crippen LogP) is 3.76. The van der Waals surface area contributed by atoms with Crippen molar-refractivity contribution in [3.05, 3.63) is 89.8 Å². The number of carboxylic acid groups (broad SMARTS) is 1. The highest BCUT2D eigenvalue weighted by molar-refractivity contribution is 7.94. The first-order chi connectivity index (χ1) is 15.9. The molecular weight excluding hydrogens is 442 g/mol. The van der Waals surface area contributed by atoms with Gasteiger partial charge in [-0.25, -0.2) is 22.2 Å². The molecule has 0 spiro atoms. The van der Waals surface area contributed by atoms with Crippen molar-refractivity contribution in [1.82, 2.24) is 8.96 Å². The van der Waals surface area contributed by atoms with Crippen molar-refractivity contribution >= 4 is 21.7 Å². The van der Waals surface area contributed by atoms with E-state index in [-0.39, 0.29) is 22.1 Å². The molecule has 5 rings (SSSR count). The summed E-state index contributed by atoms with van der Waals surface area (Å²) >= 11 is 0. The van der Waals surface area contributed by atoms with Gasteiger partial charge in [-0.2, -0.15) is 0 Å². The molecule has 2 heterocycles. The number of benzene rings is 2. The lowest BCUT2D eigenvalue weighted by Crippen LogP contribution is -2.31. The molecule has 0 radical (unpaired) electrons. The topological polar surface area (TPSA) is 111 Å². The van der Waals surface area contributed by atoms with Crippen LogP contribution in [0.4, 0.5) is 5.69 Å². The van der Waals surface area contributed by atoms with Crippen molar-refractivity contribution in [3.8, 4) is 17.0 Å². The van der Waals surface area contributed by atoms with Gasteiger partial charge in [-0.1, -0.05) is 36.4 Å². The Morgan fingerprint density at radius 1 is 1.15 bits per heavy atom. The van der Waals surface area contributed by atoms with Crippen LogP contribution in [0.15, 0.2) is 84.2 Å². The number of rotatable bonds is 4. The van der Waals surface area contributed by atoms with Crippen LogP contribution in [-0.2, 0) is 10.0 Å². The van der Waals surface area contributed by atoms with E-state index in [4.69, 9.17) is 4.74 Å². The van der Waals surface area contributed by atoms with E-state index < -0.39 is 22.1 Å². The fourth-order valence-corrected chi connectivity index (χ4v) is 5.26. The number of para-hydroxylation sites is 2. The zero-order valence-corrected chi connectivity index (χ0v) is 18.3. The van der Waals surface area contributed by atoms with Gasteiger partial charge in [0.2, 0.25) is 0 Å². The van der Waals surface area contributed by atoms with Crippen LogP contribution >= 0.6 is 0 Å². The van der Waals surface area contributed by atoms with Gasteiger partial charge in [-0.05, 0) is 36.8 Å². The maximum Gasteiger partial charge on any atom is 0.336 e. The van der Waals surface area contributed by atoms with Crippen molar-refractivity contribution in [2.75, 3.05) is 11.9 Å². The Morgan fingerprint density at radius 3 is 2.79 bits per heavy atom. The van der Waals surface area contributed by atoms with Crippen molar-refractivity contribution in [1.29, 1.82) is 0 Å². The van der Waals surface area contributed by atoms with Crippen molar-refractivity contribution in [2.45, 2.75) is 12.5 Å². The number of hydrogen-bond acceptors (Lipinski definition) is 6. The average molecular weight is 464 g/mol. The summed E-state index contributed by atoms with van der Waals surface area (Å²) in [7, 11) is -3.95. The standard InChI is InChI=1S/C24H21N3O5S/c28-24(29)19-6-2-1-5-18(19)21-14-27(15-26-21)33(30,31)17-10-9-16-11-12-25-20-7-3-4-8-22(20)32-23(16)13-17/h1-10,13-16,23,25H,11-12H2,(H,28,29). The Bertz CT molecular complexity index is 1390. The van der Waals surface area contributed by atoms with Crippen LogP contribution in [0, 0.1) is 5.92 Å². The fraction of sp³-hybridized carbons (Fsp3) is 0.167. The smallest absolute Gasteiger partial charge is 0.336 e. The SMILES string of the molecule is O=C(O)c1ccccc1-c1cn(S(=O)(=O)C2=CC3Oc4ccccc4NCCC3C=C2)cn1. The second kappa shape index (κ2) is 8.25. The maximum atomic E-state index is 13.3. The van der Waals surface area contributed by atoms with Gasteiger partial charge in [-0.15, -0.1) is 0 Å². The zero-order valence-electron chi connectivity index (χ0n) is 17.5. The van der Waals surface area contributed by atoms with Gasteiger partial charge in [-0.3, -0.25) is 0 Å². The number of aromatic nitrogens is 2. The number of nitrogens with one attached hydrogen (secondary N) is 1. The minimum atomic E-state index is -3.95. The van der Waals surface area contributed by atoms with E-state index in [1.165, 1.54) is 18.6 Å². The van der Waals surface area contributed by atoms with Gasteiger partial charge in [0.1, 0.15) is 18.2 Å². The quantitative estimate of drug-likeness (QED) is 0.606. The Hall–Kier alpha value is -3.85. The Kier molecular flexibility index (Phi) is 5.26. The van der Waals surface area contributed by atoms with Gasteiger partial charge in [0.05, 0.1) is 21.8 Å². The highest BCUT2D eigenvalue weighted by Gasteiger charge is 2.30. The molecule has 2 unspecified atom stereocenters. The first-order valence-electron chi connectivity index (χ1n) is 10.5. The lowest BCUT2D eigenvalue weighted by atomic mass is 9.93. The third-order valence-corrected chi connectivity index (χ3v) is 7.39. The average Bonchev–Trinajstić information content (AvgIpc) is 3.30. The van der Waals surface area contributed by atoms with Crippen LogP contribution in [-0.4, -0.2) is 41.1 Å². The molecule has 2 aromatic carbocycles. The van der Waals surface area contributed by atoms with E-state index in [2.05, 4.69) is 10.3 Å². The molecule has 1 aliphatic heterocycles. The molecule has 2 aliphatic rings. The van der Waals surface area contributed by atoms with Gasteiger partial charge in [0.15, 0.2) is 0 Å². The Morgan fingerprint density at radius 2 is 1.94 bits per heavy atom. The van der Waals surface area contributed by atoms with Crippen LogP contribution < -0.4 is 10.1 Å². The van der Waals surface area contributed by atoms with Crippen molar-refractivity contribution in [2.24, 2.45) is 5.92 Å². The lowest BCUT2D eigenvalue weighted by Gasteiger charge is -2.30. The molecule has 33 heavy (non-hydrogen) atoms. The summed E-state index contributed by atoms with van der Waals surface area (Å²) in [6.07, 6.45) is 7.97. The number of carbonyl (C=O) groups is 1. The first kappa shape index (κ1) is 21.0. The Labute approximate surface area is 190 Å². The fourth-order valence-electron chi connectivity index (χ4n) is 4.05. The third kappa shape index (κ3) is 3.91. The van der Waals surface area contributed by atoms with Gasteiger partial charge in [0, 0.05) is 24.2 Å². The predicted molar refractivity (Wildman–Crippen MR) is 124 cm³/mol. The lowest BCUT2D eigenvalue weighted by molar-refractivity contribution is 0.0697. The number of carboxylic acids is 1. The number of fused-ring (bicyclic) bond motifs is 2. The van der Waals surface area contributed by atoms with Crippen molar-refractivity contribution in [3.63, 3.8) is 0 Å². The third-order valence-electron chi connectivity index (χ3n) is 5.77. The van der Waals surface area contributed by atoms with E-state index in [0.717, 1.165) is 22.6 Å². The zero-order chi connectivity index (χ0) is 23.0. The molecule has 2 atom stereocenters. The summed E-state index contributed by atoms with van der Waals surface area (Å²) in [6.45, 7) is 0.746. The molecule has 168 valence electrons. The van der Waals surface area contributed by atoms with E-state index in [1.807, 2.05) is 30.3 Å². The molecule has 0 saturated carbocycles. The van der Waals surface area contributed by atoms with Crippen LogP contribution in [0.25, 0.3) is 11.3 Å². The number of allylic oxidation sites excluding steroid dienone is 1. The molecule has 9 heteroatoms. The van der Waals surface area contributed by atoms with Crippen LogP contribution in [0.2, 0.25) is 0 Å². The summed E-state index contributed by atoms with van der Waals surface area (Å²) in [5.41, 5.74) is 1.53. The maximum absolute atomic E-state index is 13.3. The monoisotopic (exact) mass is 463 g/mol. The highest BCUT2D eigenvalue weighted by Crippen LogP contribution is 2.34. The molecule has 1 aromatic heterocycles. The molecule has 0 fully saturated rings. The van der Waals surface area contributed by atoms with Crippen LogP contribution in [0.3, 0.4) is 0 Å². The van der Waals surface area contributed by atoms with Gasteiger partial charge < -0.3 is 15.2 Å². The van der Waals surface area contributed by atoms with E-state index in [9.17, 15) is 18.3 Å². The highest BCUT2D eigenvalue weighted by atomic mass is 32.2. The van der Waals surface area contributed by atoms with Crippen molar-refractivity contribution < 1.29 is 23.1 Å². The summed E-state index contributed by atoms with van der Waals surface area (Å²) in [5.74, 6) is -0.403. The number of nitrogens with zero attached hydrogens (tertiary/aromatic N) is 2. The second-order valence-electron chi connectivity index (χ2n) is 7.83. The number of anilines is 1. The van der Waals surface area contributed by atoms with Gasteiger partial charge >= 0.3 is 5.97 Å². The Balaban J connectivity index is 1.48. The van der Waals surface area contributed by atoms with Crippen LogP contribution in [0.1, 0.15) is 16.8 Å². The summed E-state index contributed by atoms with van der Waals surface area (Å²) in [6, 6.07) is 13.9. The number of imidazole rings is 1. The molecular formula is C24H21N3O5S. The minimum Gasteiger partial charge on any atom is -0.484 e. The number of hydrogen-bond donors (Lipinski definition) is 2. The molecule has 8 nitrogen and oxygen atoms in total. The number of ether oxygens (including phenoxy) is 1. The molecule has 0 saturated heterocycles. The summed E-state index contributed by atoms with van der Waals surface area (Å²) in [4.78, 5) is 15.8. The molecule has 0 amide bonds. The molecule has 2 N–H and O–H groups in total. The molecule has 3 aromatic rings.